The monoisotopic (exact) mass is 382 g/mol. The minimum Gasteiger partial charge on any atom is -0.367 e. The fourth-order valence-corrected chi connectivity index (χ4v) is 4.28. The molecule has 1 saturated heterocycles. The fourth-order valence-electron chi connectivity index (χ4n) is 4.28. The Bertz CT molecular complexity index is 847. The van der Waals surface area contributed by atoms with E-state index in [0.717, 1.165) is 55.2 Å². The molecule has 2 aromatic rings. The lowest BCUT2D eigenvalue weighted by molar-refractivity contribution is 0.147. The number of aryl methyl sites for hydroxylation is 3. The second kappa shape index (κ2) is 8.82. The van der Waals surface area contributed by atoms with E-state index in [0.29, 0.717) is 12.6 Å². The number of fused-ring (bicyclic) bond motifs is 1. The molecule has 1 aliphatic heterocycles. The summed E-state index contributed by atoms with van der Waals surface area (Å²) in [7, 11) is 0. The summed E-state index contributed by atoms with van der Waals surface area (Å²) in [4.78, 5) is 23.6. The molecule has 0 bridgehead atoms. The van der Waals surface area contributed by atoms with Crippen LogP contribution in [0.4, 0.5) is 5.82 Å². The molecular formula is C21H30N6O. The van der Waals surface area contributed by atoms with Gasteiger partial charge in [-0.1, -0.05) is 6.42 Å². The fraction of sp³-hybridized carbons (Fsp3) is 0.619. The molecule has 1 aliphatic carbocycles. The third kappa shape index (κ3) is 4.58. The average molecular weight is 383 g/mol. The summed E-state index contributed by atoms with van der Waals surface area (Å²) in [6, 6.07) is 2.26. The van der Waals surface area contributed by atoms with Gasteiger partial charge in [0, 0.05) is 25.2 Å². The van der Waals surface area contributed by atoms with Crippen LogP contribution in [0, 0.1) is 6.92 Å². The molecule has 3 heterocycles. The lowest BCUT2D eigenvalue weighted by Crippen LogP contribution is -2.45. The molecule has 0 spiro atoms. The van der Waals surface area contributed by atoms with Crippen molar-refractivity contribution in [3.8, 4) is 0 Å². The Hall–Kier alpha value is -2.28. The molecular weight excluding hydrogens is 352 g/mol. The van der Waals surface area contributed by atoms with E-state index in [2.05, 4.69) is 25.3 Å². The highest BCUT2D eigenvalue weighted by atomic mass is 16.1. The second-order valence-electron chi connectivity index (χ2n) is 7.99. The largest absolute Gasteiger partial charge is 0.367 e. The number of anilines is 1. The van der Waals surface area contributed by atoms with Gasteiger partial charge in [-0.15, -0.1) is 0 Å². The number of aromatic nitrogens is 4. The normalized spacial score (nSPS) is 20.0. The maximum absolute atomic E-state index is 12.4. The van der Waals surface area contributed by atoms with Crippen molar-refractivity contribution < 1.29 is 0 Å². The minimum atomic E-state index is 0.0438. The van der Waals surface area contributed by atoms with Crippen molar-refractivity contribution in [3.63, 3.8) is 0 Å². The molecule has 7 heteroatoms. The maximum atomic E-state index is 12.4. The highest BCUT2D eigenvalue weighted by Gasteiger charge is 2.22. The Labute approximate surface area is 166 Å². The van der Waals surface area contributed by atoms with Crippen molar-refractivity contribution in [3.05, 3.63) is 45.8 Å². The van der Waals surface area contributed by atoms with Crippen LogP contribution in [0.15, 0.2) is 23.3 Å². The van der Waals surface area contributed by atoms with Crippen molar-refractivity contribution in [2.75, 3.05) is 25.0 Å². The van der Waals surface area contributed by atoms with Gasteiger partial charge in [-0.25, -0.2) is 9.67 Å². The molecule has 4 rings (SSSR count). The van der Waals surface area contributed by atoms with Crippen LogP contribution in [-0.4, -0.2) is 50.3 Å². The van der Waals surface area contributed by atoms with Gasteiger partial charge in [0.05, 0.1) is 30.3 Å². The van der Waals surface area contributed by atoms with Crippen LogP contribution >= 0.6 is 0 Å². The first-order valence-electron chi connectivity index (χ1n) is 10.6. The van der Waals surface area contributed by atoms with Gasteiger partial charge in [0.1, 0.15) is 5.82 Å². The van der Waals surface area contributed by atoms with E-state index >= 15 is 0 Å². The van der Waals surface area contributed by atoms with Crippen molar-refractivity contribution in [1.82, 2.24) is 24.6 Å². The predicted molar refractivity (Wildman–Crippen MR) is 110 cm³/mol. The van der Waals surface area contributed by atoms with Crippen LogP contribution < -0.4 is 10.9 Å². The topological polar surface area (TPSA) is 75.9 Å². The summed E-state index contributed by atoms with van der Waals surface area (Å²) in [5.74, 6) is 0.823. The number of piperidine rings is 1. The number of hydrogen-bond acceptors (Lipinski definition) is 6. The molecule has 0 aromatic carbocycles. The molecule has 0 amide bonds. The van der Waals surface area contributed by atoms with Gasteiger partial charge in [0.25, 0.3) is 5.56 Å². The number of nitrogens with zero attached hydrogens (tertiary/aromatic N) is 5. The second-order valence-corrected chi connectivity index (χ2v) is 7.99. The summed E-state index contributed by atoms with van der Waals surface area (Å²) in [6.07, 6.45) is 11.6. The van der Waals surface area contributed by atoms with E-state index in [1.165, 1.54) is 32.1 Å². The van der Waals surface area contributed by atoms with E-state index in [-0.39, 0.29) is 5.56 Å². The Balaban J connectivity index is 1.37. The zero-order valence-corrected chi connectivity index (χ0v) is 16.7. The molecule has 1 N–H and O–H groups in total. The lowest BCUT2D eigenvalue weighted by Gasteiger charge is -2.36. The van der Waals surface area contributed by atoms with Crippen LogP contribution in [0.25, 0.3) is 0 Å². The van der Waals surface area contributed by atoms with Crippen LogP contribution in [0.5, 0.6) is 0 Å². The summed E-state index contributed by atoms with van der Waals surface area (Å²) < 4.78 is 1.68. The maximum Gasteiger partial charge on any atom is 0.267 e. The standard InChI is InChI=1S/C21H30N6O/c1-16-13-23-20(15-22-16)24-14-18-7-4-5-9-26(18)10-11-27-21(28)12-17-6-2-3-8-19(17)25-27/h12-13,15,18H,2-11,14H2,1H3,(H,23,24). The average Bonchev–Trinajstić information content (AvgIpc) is 2.72. The van der Waals surface area contributed by atoms with Crippen molar-refractivity contribution >= 4 is 5.82 Å². The van der Waals surface area contributed by atoms with Gasteiger partial charge in [0.15, 0.2) is 0 Å². The highest BCUT2D eigenvalue weighted by Crippen LogP contribution is 2.19. The first-order chi connectivity index (χ1) is 13.7. The molecule has 150 valence electrons. The number of hydrogen-bond donors (Lipinski definition) is 1. The van der Waals surface area contributed by atoms with E-state index in [1.807, 2.05) is 13.0 Å². The Kier molecular flexibility index (Phi) is 6.00. The van der Waals surface area contributed by atoms with Crippen molar-refractivity contribution in [2.24, 2.45) is 0 Å². The van der Waals surface area contributed by atoms with E-state index in [1.54, 1.807) is 17.1 Å². The van der Waals surface area contributed by atoms with Gasteiger partial charge in [-0.2, -0.15) is 5.10 Å². The van der Waals surface area contributed by atoms with E-state index in [9.17, 15) is 4.79 Å². The molecule has 1 fully saturated rings. The molecule has 28 heavy (non-hydrogen) atoms. The lowest BCUT2D eigenvalue weighted by atomic mass is 9.97. The van der Waals surface area contributed by atoms with E-state index in [4.69, 9.17) is 0 Å². The van der Waals surface area contributed by atoms with Crippen molar-refractivity contribution in [1.29, 1.82) is 0 Å². The molecule has 2 aromatic heterocycles. The third-order valence-corrected chi connectivity index (χ3v) is 5.92. The van der Waals surface area contributed by atoms with Gasteiger partial charge in [-0.3, -0.25) is 14.7 Å². The molecule has 0 saturated carbocycles. The molecule has 0 radical (unpaired) electrons. The Morgan fingerprint density at radius 1 is 1.11 bits per heavy atom. The van der Waals surface area contributed by atoms with Crippen LogP contribution in [0.3, 0.4) is 0 Å². The summed E-state index contributed by atoms with van der Waals surface area (Å²) in [5.41, 5.74) is 3.25. The van der Waals surface area contributed by atoms with Crippen molar-refractivity contribution in [2.45, 2.75) is 64.5 Å². The molecule has 2 aliphatic rings. The minimum absolute atomic E-state index is 0.0438. The molecule has 1 atom stereocenters. The Morgan fingerprint density at radius 2 is 2.00 bits per heavy atom. The molecule has 1 unspecified atom stereocenters. The van der Waals surface area contributed by atoms with Gasteiger partial charge in [0.2, 0.25) is 0 Å². The number of rotatable bonds is 6. The zero-order chi connectivity index (χ0) is 19.3. The quantitative estimate of drug-likeness (QED) is 0.825. The first kappa shape index (κ1) is 19.1. The number of nitrogens with one attached hydrogen (secondary N) is 1. The SMILES string of the molecule is Cc1cnc(NCC2CCCCN2CCn2nc3c(cc2=O)CCCC3)cn1. The number of likely N-dealkylation sites (tertiary alicyclic amines) is 1. The predicted octanol–water partition coefficient (Wildman–Crippen LogP) is 2.19. The van der Waals surface area contributed by atoms with Gasteiger partial charge < -0.3 is 5.32 Å². The Morgan fingerprint density at radius 3 is 2.86 bits per heavy atom. The smallest absolute Gasteiger partial charge is 0.267 e. The van der Waals surface area contributed by atoms with Crippen LogP contribution in [-0.2, 0) is 19.4 Å². The third-order valence-electron chi connectivity index (χ3n) is 5.92. The van der Waals surface area contributed by atoms with Gasteiger partial charge in [-0.05, 0) is 57.6 Å². The summed E-state index contributed by atoms with van der Waals surface area (Å²) in [6.45, 7) is 5.39. The van der Waals surface area contributed by atoms with Crippen LogP contribution in [0.2, 0.25) is 0 Å². The van der Waals surface area contributed by atoms with Gasteiger partial charge >= 0.3 is 0 Å². The first-order valence-corrected chi connectivity index (χ1v) is 10.6. The zero-order valence-electron chi connectivity index (χ0n) is 16.7. The van der Waals surface area contributed by atoms with E-state index < -0.39 is 0 Å². The summed E-state index contributed by atoms with van der Waals surface area (Å²) in [5, 5.41) is 8.09. The summed E-state index contributed by atoms with van der Waals surface area (Å²) >= 11 is 0. The highest BCUT2D eigenvalue weighted by molar-refractivity contribution is 5.31. The molecule has 7 nitrogen and oxygen atoms in total. The van der Waals surface area contributed by atoms with Crippen LogP contribution in [0.1, 0.15) is 49.1 Å².